The number of pyridine rings is 1. The van der Waals surface area contributed by atoms with Crippen LogP contribution >= 0.6 is 0 Å². The standard InChI is InChI=1S/C25H35N7O3/c1-24(2,17-33)30-19-16-26-21(22(28-19)32-10-8-25(6-7-25)9-11-32)23(34)29-18-4-3-5-20(27-18)31-12-14-35-15-13-31/h3-5,16,33H,6-15,17H2,1-2H3,(H,28,30)(H,27,29,34). The van der Waals surface area contributed by atoms with E-state index in [4.69, 9.17) is 9.72 Å². The van der Waals surface area contributed by atoms with Crippen molar-refractivity contribution in [2.24, 2.45) is 5.41 Å². The molecule has 10 nitrogen and oxygen atoms in total. The quantitative estimate of drug-likeness (QED) is 0.549. The number of aliphatic hydroxyl groups is 1. The van der Waals surface area contributed by atoms with E-state index in [-0.39, 0.29) is 18.2 Å². The van der Waals surface area contributed by atoms with Crippen LogP contribution in [0.1, 0.15) is 50.0 Å². The van der Waals surface area contributed by atoms with Gasteiger partial charge in [-0.25, -0.2) is 15.0 Å². The van der Waals surface area contributed by atoms with Crippen molar-refractivity contribution in [2.45, 2.75) is 45.1 Å². The summed E-state index contributed by atoms with van der Waals surface area (Å²) in [6.07, 6.45) is 6.38. The molecule has 3 fully saturated rings. The lowest BCUT2D eigenvalue weighted by Crippen LogP contribution is -2.38. The summed E-state index contributed by atoms with van der Waals surface area (Å²) in [6.45, 7) is 8.32. The molecule has 0 radical (unpaired) electrons. The van der Waals surface area contributed by atoms with Crippen LogP contribution in [0.15, 0.2) is 24.4 Å². The first kappa shape index (κ1) is 23.7. The highest BCUT2D eigenvalue weighted by atomic mass is 16.5. The summed E-state index contributed by atoms with van der Waals surface area (Å²) < 4.78 is 5.43. The van der Waals surface area contributed by atoms with Gasteiger partial charge in [0.15, 0.2) is 11.5 Å². The molecule has 1 amide bonds. The summed E-state index contributed by atoms with van der Waals surface area (Å²) >= 11 is 0. The minimum atomic E-state index is -0.556. The van der Waals surface area contributed by atoms with E-state index in [1.165, 1.54) is 12.8 Å². The average molecular weight is 482 g/mol. The summed E-state index contributed by atoms with van der Waals surface area (Å²) in [6, 6.07) is 5.62. The predicted octanol–water partition coefficient (Wildman–Crippen LogP) is 2.52. The van der Waals surface area contributed by atoms with Crippen LogP contribution < -0.4 is 20.4 Å². The lowest BCUT2D eigenvalue weighted by atomic mass is 9.93. The van der Waals surface area contributed by atoms with Crippen molar-refractivity contribution < 1.29 is 14.6 Å². The molecule has 35 heavy (non-hydrogen) atoms. The van der Waals surface area contributed by atoms with E-state index in [9.17, 15) is 9.90 Å². The monoisotopic (exact) mass is 481 g/mol. The van der Waals surface area contributed by atoms with Gasteiger partial charge in [-0.05, 0) is 57.1 Å². The summed E-state index contributed by atoms with van der Waals surface area (Å²) in [5.41, 5.74) is 0.229. The molecule has 2 aromatic heterocycles. The second kappa shape index (κ2) is 9.58. The van der Waals surface area contributed by atoms with Crippen LogP contribution in [0.25, 0.3) is 0 Å². The zero-order chi connectivity index (χ0) is 24.5. The van der Waals surface area contributed by atoms with Crippen molar-refractivity contribution in [1.29, 1.82) is 0 Å². The number of hydrogen-bond donors (Lipinski definition) is 3. The van der Waals surface area contributed by atoms with Gasteiger partial charge in [0.1, 0.15) is 17.5 Å². The highest BCUT2D eigenvalue weighted by Crippen LogP contribution is 2.54. The molecule has 0 atom stereocenters. The first-order chi connectivity index (χ1) is 16.9. The number of nitrogens with one attached hydrogen (secondary N) is 2. The van der Waals surface area contributed by atoms with Crippen molar-refractivity contribution in [3.8, 4) is 0 Å². The number of rotatable bonds is 7. The zero-order valence-corrected chi connectivity index (χ0v) is 20.6. The third-order valence-electron chi connectivity index (χ3n) is 7.22. The zero-order valence-electron chi connectivity index (χ0n) is 20.6. The maximum atomic E-state index is 13.4. The van der Waals surface area contributed by atoms with Crippen molar-refractivity contribution in [2.75, 3.05) is 66.4 Å². The Morgan fingerprint density at radius 1 is 1.06 bits per heavy atom. The van der Waals surface area contributed by atoms with Crippen molar-refractivity contribution in [3.05, 3.63) is 30.1 Å². The number of ether oxygens (including phenoxy) is 1. The van der Waals surface area contributed by atoms with Gasteiger partial charge in [0.25, 0.3) is 5.91 Å². The number of amides is 1. The van der Waals surface area contributed by atoms with E-state index in [0.717, 1.165) is 44.8 Å². The Morgan fingerprint density at radius 2 is 1.80 bits per heavy atom. The molecule has 0 bridgehead atoms. The molecule has 2 aromatic rings. The first-order valence-electron chi connectivity index (χ1n) is 12.5. The molecule has 1 aliphatic carbocycles. The Morgan fingerprint density at radius 3 is 2.49 bits per heavy atom. The number of carbonyl (C=O) groups is 1. The Bertz CT molecular complexity index is 1060. The van der Waals surface area contributed by atoms with Gasteiger partial charge in [0.2, 0.25) is 0 Å². The van der Waals surface area contributed by atoms with E-state index in [1.807, 2.05) is 26.0 Å². The molecule has 4 heterocycles. The summed E-state index contributed by atoms with van der Waals surface area (Å²) in [5.74, 6) is 2.06. The fourth-order valence-electron chi connectivity index (χ4n) is 4.71. The lowest BCUT2D eigenvalue weighted by molar-refractivity contribution is 0.102. The molecule has 10 heteroatoms. The van der Waals surface area contributed by atoms with Crippen LogP contribution in [-0.2, 0) is 4.74 Å². The molecule has 1 spiro atoms. The molecule has 3 N–H and O–H groups in total. The van der Waals surface area contributed by atoms with Gasteiger partial charge in [-0.1, -0.05) is 6.07 Å². The molecule has 2 saturated heterocycles. The number of carbonyl (C=O) groups excluding carboxylic acids is 1. The molecule has 5 rings (SSSR count). The Hall–Kier alpha value is -2.98. The molecule has 0 aromatic carbocycles. The van der Waals surface area contributed by atoms with Crippen LogP contribution in [-0.4, -0.2) is 77.5 Å². The number of aromatic nitrogens is 3. The van der Waals surface area contributed by atoms with Gasteiger partial charge in [-0.3, -0.25) is 4.79 Å². The number of piperidine rings is 1. The molecule has 2 aliphatic heterocycles. The van der Waals surface area contributed by atoms with E-state index < -0.39 is 5.54 Å². The Kier molecular flexibility index (Phi) is 6.50. The lowest BCUT2D eigenvalue weighted by Gasteiger charge is -2.34. The van der Waals surface area contributed by atoms with Crippen molar-refractivity contribution in [3.63, 3.8) is 0 Å². The predicted molar refractivity (Wildman–Crippen MR) is 135 cm³/mol. The van der Waals surface area contributed by atoms with Crippen LogP contribution in [0.3, 0.4) is 0 Å². The molecule has 188 valence electrons. The smallest absolute Gasteiger partial charge is 0.279 e. The summed E-state index contributed by atoms with van der Waals surface area (Å²) in [7, 11) is 0. The molecular weight excluding hydrogens is 446 g/mol. The summed E-state index contributed by atoms with van der Waals surface area (Å²) in [5, 5.41) is 15.8. The Labute approximate surface area is 206 Å². The van der Waals surface area contributed by atoms with Crippen LogP contribution in [0.5, 0.6) is 0 Å². The minimum absolute atomic E-state index is 0.0519. The summed E-state index contributed by atoms with van der Waals surface area (Å²) in [4.78, 5) is 31.6. The number of nitrogens with zero attached hydrogens (tertiary/aromatic N) is 5. The number of hydrogen-bond acceptors (Lipinski definition) is 9. The van der Waals surface area contributed by atoms with Crippen molar-refractivity contribution >= 4 is 29.2 Å². The molecule has 0 unspecified atom stereocenters. The van der Waals surface area contributed by atoms with Gasteiger partial charge in [0, 0.05) is 26.2 Å². The van der Waals surface area contributed by atoms with Crippen LogP contribution in [0.2, 0.25) is 0 Å². The molecule has 3 aliphatic rings. The highest BCUT2D eigenvalue weighted by molar-refractivity contribution is 6.05. The van der Waals surface area contributed by atoms with Gasteiger partial charge >= 0.3 is 0 Å². The van der Waals surface area contributed by atoms with E-state index in [1.54, 1.807) is 12.3 Å². The number of morpholine rings is 1. The highest BCUT2D eigenvalue weighted by Gasteiger charge is 2.45. The first-order valence-corrected chi connectivity index (χ1v) is 12.5. The van der Waals surface area contributed by atoms with Gasteiger partial charge in [-0.2, -0.15) is 0 Å². The second-order valence-corrected chi connectivity index (χ2v) is 10.5. The average Bonchev–Trinajstić information content (AvgIpc) is 3.63. The van der Waals surface area contributed by atoms with Gasteiger partial charge in [-0.15, -0.1) is 0 Å². The fraction of sp³-hybridized carbons (Fsp3) is 0.600. The minimum Gasteiger partial charge on any atom is -0.394 e. The third kappa shape index (κ3) is 5.48. The van der Waals surface area contributed by atoms with E-state index in [2.05, 4.69) is 30.4 Å². The van der Waals surface area contributed by atoms with E-state index in [0.29, 0.717) is 36.1 Å². The normalized spacial score (nSPS) is 19.5. The number of aliphatic hydroxyl groups excluding tert-OH is 1. The topological polar surface area (TPSA) is 116 Å². The fourth-order valence-corrected chi connectivity index (χ4v) is 4.71. The molecular formula is C25H35N7O3. The van der Waals surface area contributed by atoms with Gasteiger partial charge < -0.3 is 30.3 Å². The maximum absolute atomic E-state index is 13.4. The van der Waals surface area contributed by atoms with Crippen LogP contribution in [0, 0.1) is 5.41 Å². The Balaban J connectivity index is 1.38. The van der Waals surface area contributed by atoms with Crippen molar-refractivity contribution in [1.82, 2.24) is 15.0 Å². The SMILES string of the molecule is CC(C)(CO)Nc1cnc(C(=O)Nc2cccc(N3CCOCC3)n2)c(N2CCC3(CC2)CC3)n1. The largest absolute Gasteiger partial charge is 0.394 e. The second-order valence-electron chi connectivity index (χ2n) is 10.5. The maximum Gasteiger partial charge on any atom is 0.279 e. The van der Waals surface area contributed by atoms with Gasteiger partial charge in [0.05, 0.1) is 31.6 Å². The van der Waals surface area contributed by atoms with E-state index >= 15 is 0 Å². The number of anilines is 4. The third-order valence-corrected chi connectivity index (χ3v) is 7.22. The van der Waals surface area contributed by atoms with Crippen LogP contribution in [0.4, 0.5) is 23.3 Å². The molecule has 1 saturated carbocycles.